The second-order valence-corrected chi connectivity index (χ2v) is 8.80. The van der Waals surface area contributed by atoms with Crippen LogP contribution < -0.4 is 10.2 Å². The second kappa shape index (κ2) is 10.3. The van der Waals surface area contributed by atoms with Crippen molar-refractivity contribution >= 4 is 17.6 Å². The fourth-order valence-electron chi connectivity index (χ4n) is 4.55. The number of benzene rings is 1. The van der Waals surface area contributed by atoms with E-state index >= 15 is 0 Å². The Morgan fingerprint density at radius 1 is 1.09 bits per heavy atom. The fourth-order valence-corrected chi connectivity index (χ4v) is 4.55. The number of aromatic nitrogens is 2. The van der Waals surface area contributed by atoms with Crippen molar-refractivity contribution in [1.29, 1.82) is 0 Å². The summed E-state index contributed by atoms with van der Waals surface area (Å²) in [5.74, 6) is 0.585. The smallest absolute Gasteiger partial charge is 0.242 e. The molecule has 2 amide bonds. The van der Waals surface area contributed by atoms with Gasteiger partial charge in [0.25, 0.3) is 0 Å². The van der Waals surface area contributed by atoms with E-state index in [2.05, 4.69) is 50.5 Å². The van der Waals surface area contributed by atoms with E-state index in [1.807, 2.05) is 17.7 Å². The standard InChI is InChI=1S/C24H34N6O2/c1-19-17-22-29(26-19)12-9-23(31)30(22)20(2)24(32)25-10-6-11-27-13-15-28(16-14-27)18-21-7-4-3-5-8-21/h3-5,7-8,17,20H,6,9-16,18H2,1-2H3,(H,25,32). The van der Waals surface area contributed by atoms with Crippen molar-refractivity contribution in [2.75, 3.05) is 44.2 Å². The van der Waals surface area contributed by atoms with Gasteiger partial charge in [0.15, 0.2) is 0 Å². The van der Waals surface area contributed by atoms with Crippen molar-refractivity contribution in [2.45, 2.75) is 45.8 Å². The first-order valence-electron chi connectivity index (χ1n) is 11.6. The third-order valence-corrected chi connectivity index (χ3v) is 6.36. The van der Waals surface area contributed by atoms with Gasteiger partial charge in [0.1, 0.15) is 11.9 Å². The zero-order valence-corrected chi connectivity index (χ0v) is 19.2. The summed E-state index contributed by atoms with van der Waals surface area (Å²) in [7, 11) is 0. The molecule has 1 fully saturated rings. The van der Waals surface area contributed by atoms with E-state index in [1.54, 1.807) is 11.8 Å². The number of carbonyl (C=O) groups excluding carboxylic acids is 2. The molecule has 4 rings (SSSR count). The summed E-state index contributed by atoms with van der Waals surface area (Å²) in [6.45, 7) is 11.1. The van der Waals surface area contributed by atoms with Crippen LogP contribution in [-0.4, -0.2) is 76.7 Å². The van der Waals surface area contributed by atoms with Gasteiger partial charge in [0.2, 0.25) is 11.8 Å². The topological polar surface area (TPSA) is 73.7 Å². The molecule has 32 heavy (non-hydrogen) atoms. The quantitative estimate of drug-likeness (QED) is 0.635. The number of hydrogen-bond acceptors (Lipinski definition) is 5. The number of carbonyl (C=O) groups is 2. The second-order valence-electron chi connectivity index (χ2n) is 8.80. The zero-order chi connectivity index (χ0) is 22.5. The molecule has 1 N–H and O–H groups in total. The number of aryl methyl sites for hydroxylation is 2. The van der Waals surface area contributed by atoms with Gasteiger partial charge in [-0.05, 0) is 32.4 Å². The number of nitrogens with one attached hydrogen (secondary N) is 1. The van der Waals surface area contributed by atoms with Gasteiger partial charge < -0.3 is 10.2 Å². The molecular weight excluding hydrogens is 404 g/mol. The van der Waals surface area contributed by atoms with Gasteiger partial charge in [-0.15, -0.1) is 0 Å². The van der Waals surface area contributed by atoms with E-state index in [-0.39, 0.29) is 11.8 Å². The Balaban J connectivity index is 1.17. The summed E-state index contributed by atoms with van der Waals surface area (Å²) >= 11 is 0. The molecule has 1 atom stereocenters. The van der Waals surface area contributed by atoms with Crippen molar-refractivity contribution in [3.8, 4) is 0 Å². The number of hydrogen-bond donors (Lipinski definition) is 1. The van der Waals surface area contributed by atoms with Gasteiger partial charge in [0.05, 0.1) is 12.2 Å². The third kappa shape index (κ3) is 5.37. The van der Waals surface area contributed by atoms with Crippen molar-refractivity contribution < 1.29 is 9.59 Å². The summed E-state index contributed by atoms with van der Waals surface area (Å²) in [4.78, 5) is 31.8. The van der Waals surface area contributed by atoms with Crippen LogP contribution >= 0.6 is 0 Å². The van der Waals surface area contributed by atoms with Crippen molar-refractivity contribution in [3.05, 3.63) is 47.7 Å². The van der Waals surface area contributed by atoms with Gasteiger partial charge >= 0.3 is 0 Å². The summed E-state index contributed by atoms with van der Waals surface area (Å²) in [6, 6.07) is 11.9. The highest BCUT2D eigenvalue weighted by atomic mass is 16.2. The number of piperazine rings is 1. The lowest BCUT2D eigenvalue weighted by atomic mass is 10.2. The lowest BCUT2D eigenvalue weighted by Gasteiger charge is -2.35. The maximum Gasteiger partial charge on any atom is 0.242 e. The van der Waals surface area contributed by atoms with E-state index in [9.17, 15) is 9.59 Å². The number of fused-ring (bicyclic) bond motifs is 1. The zero-order valence-electron chi connectivity index (χ0n) is 19.2. The molecule has 0 radical (unpaired) electrons. The SMILES string of the molecule is Cc1cc2n(n1)CCC(=O)N2C(C)C(=O)NCCCN1CCN(Cc2ccccc2)CC1. The Kier molecular flexibility index (Phi) is 7.22. The van der Waals surface area contributed by atoms with E-state index in [4.69, 9.17) is 0 Å². The first-order valence-corrected chi connectivity index (χ1v) is 11.6. The normalized spacial score (nSPS) is 18.4. The average Bonchev–Trinajstić information content (AvgIpc) is 3.18. The molecular formula is C24H34N6O2. The van der Waals surface area contributed by atoms with Gasteiger partial charge in [-0.1, -0.05) is 30.3 Å². The Morgan fingerprint density at radius 2 is 1.81 bits per heavy atom. The van der Waals surface area contributed by atoms with Crippen LogP contribution in [0.2, 0.25) is 0 Å². The van der Waals surface area contributed by atoms with Gasteiger partial charge in [0, 0.05) is 51.8 Å². The maximum absolute atomic E-state index is 12.7. The Labute approximate surface area is 190 Å². The summed E-state index contributed by atoms with van der Waals surface area (Å²) in [5, 5.41) is 7.43. The average molecular weight is 439 g/mol. The van der Waals surface area contributed by atoms with Crippen LogP contribution in [0.3, 0.4) is 0 Å². The largest absolute Gasteiger partial charge is 0.354 e. The Hall–Kier alpha value is -2.71. The summed E-state index contributed by atoms with van der Waals surface area (Å²) in [5.41, 5.74) is 2.22. The van der Waals surface area contributed by atoms with Crippen molar-refractivity contribution in [2.24, 2.45) is 0 Å². The molecule has 1 aromatic heterocycles. The van der Waals surface area contributed by atoms with Crippen LogP contribution in [-0.2, 0) is 22.7 Å². The van der Waals surface area contributed by atoms with Crippen molar-refractivity contribution in [3.63, 3.8) is 0 Å². The van der Waals surface area contributed by atoms with E-state index in [0.717, 1.165) is 57.2 Å². The molecule has 3 heterocycles. The molecule has 2 aliphatic heterocycles. The predicted molar refractivity (Wildman–Crippen MR) is 124 cm³/mol. The minimum absolute atomic E-state index is 0.0200. The maximum atomic E-state index is 12.7. The molecule has 1 unspecified atom stereocenters. The summed E-state index contributed by atoms with van der Waals surface area (Å²) in [6.07, 6.45) is 1.28. The minimum Gasteiger partial charge on any atom is -0.354 e. The van der Waals surface area contributed by atoms with Crippen LogP contribution in [0.1, 0.15) is 31.0 Å². The Bertz CT molecular complexity index is 920. The third-order valence-electron chi connectivity index (χ3n) is 6.36. The monoisotopic (exact) mass is 438 g/mol. The number of amides is 2. The molecule has 2 aliphatic rings. The van der Waals surface area contributed by atoms with Crippen LogP contribution in [0.4, 0.5) is 5.82 Å². The lowest BCUT2D eigenvalue weighted by Crippen LogP contribution is -2.51. The number of anilines is 1. The lowest BCUT2D eigenvalue weighted by molar-refractivity contribution is -0.126. The predicted octanol–water partition coefficient (Wildman–Crippen LogP) is 1.64. The molecule has 172 valence electrons. The molecule has 1 aromatic carbocycles. The number of rotatable bonds is 8. The highest BCUT2D eigenvalue weighted by Gasteiger charge is 2.33. The van der Waals surface area contributed by atoms with E-state index < -0.39 is 6.04 Å². The first-order chi connectivity index (χ1) is 15.5. The molecule has 8 heteroatoms. The van der Waals surface area contributed by atoms with E-state index in [0.29, 0.717) is 19.5 Å². The molecule has 0 saturated carbocycles. The minimum atomic E-state index is -0.542. The highest BCUT2D eigenvalue weighted by molar-refractivity contribution is 6.00. The van der Waals surface area contributed by atoms with Crippen LogP contribution in [0, 0.1) is 6.92 Å². The Morgan fingerprint density at radius 3 is 2.56 bits per heavy atom. The molecule has 0 spiro atoms. The molecule has 8 nitrogen and oxygen atoms in total. The number of nitrogens with zero attached hydrogens (tertiary/aromatic N) is 5. The molecule has 0 bridgehead atoms. The molecule has 2 aromatic rings. The fraction of sp³-hybridized carbons (Fsp3) is 0.542. The van der Waals surface area contributed by atoms with Gasteiger partial charge in [-0.25, -0.2) is 4.68 Å². The molecule has 0 aliphatic carbocycles. The van der Waals surface area contributed by atoms with Crippen molar-refractivity contribution in [1.82, 2.24) is 24.9 Å². The van der Waals surface area contributed by atoms with Crippen LogP contribution in [0.25, 0.3) is 0 Å². The van der Waals surface area contributed by atoms with Gasteiger partial charge in [-0.2, -0.15) is 5.10 Å². The first kappa shape index (κ1) is 22.5. The van der Waals surface area contributed by atoms with Crippen LogP contribution in [0.5, 0.6) is 0 Å². The van der Waals surface area contributed by atoms with Gasteiger partial charge in [-0.3, -0.25) is 19.4 Å². The summed E-state index contributed by atoms with van der Waals surface area (Å²) < 4.78 is 1.82. The van der Waals surface area contributed by atoms with Crippen LogP contribution in [0.15, 0.2) is 36.4 Å². The van der Waals surface area contributed by atoms with E-state index in [1.165, 1.54) is 5.56 Å². The molecule has 1 saturated heterocycles. The highest BCUT2D eigenvalue weighted by Crippen LogP contribution is 2.24.